The van der Waals surface area contributed by atoms with Crippen molar-refractivity contribution in [2.24, 2.45) is 5.41 Å². The van der Waals surface area contributed by atoms with Crippen LogP contribution in [0, 0.1) is 16.7 Å². The molecule has 1 aliphatic carbocycles. The molecule has 0 bridgehead atoms. The van der Waals surface area contributed by atoms with Gasteiger partial charge in [-0.3, -0.25) is 4.98 Å². The van der Waals surface area contributed by atoms with E-state index in [1.807, 2.05) is 0 Å². The Balaban J connectivity index is 1.92. The van der Waals surface area contributed by atoms with Gasteiger partial charge in [-0.1, -0.05) is 0 Å². The Kier molecular flexibility index (Phi) is 3.60. The van der Waals surface area contributed by atoms with Gasteiger partial charge in [-0.05, 0) is 30.7 Å². The summed E-state index contributed by atoms with van der Waals surface area (Å²) in [6.45, 7) is 1.70. The molecule has 1 fully saturated rings. The van der Waals surface area contributed by atoms with E-state index >= 15 is 0 Å². The highest BCUT2D eigenvalue weighted by Gasteiger charge is 2.41. The summed E-state index contributed by atoms with van der Waals surface area (Å²) < 4.78 is 5.12. The van der Waals surface area contributed by atoms with Crippen LogP contribution < -0.4 is 5.32 Å². The predicted molar refractivity (Wildman–Crippen MR) is 65.6 cm³/mol. The summed E-state index contributed by atoms with van der Waals surface area (Å²) in [5.74, 6) is 0. The van der Waals surface area contributed by atoms with Crippen molar-refractivity contribution < 1.29 is 4.74 Å². The highest BCUT2D eigenvalue weighted by Crippen LogP contribution is 2.48. The summed E-state index contributed by atoms with van der Waals surface area (Å²) in [4.78, 5) is 4.04. The number of hydrogen-bond donors (Lipinski definition) is 1. The molecule has 0 atom stereocenters. The third-order valence-electron chi connectivity index (χ3n) is 3.39. The summed E-state index contributed by atoms with van der Waals surface area (Å²) in [7, 11) is 1.73. The number of nitrogens with one attached hydrogen (secondary N) is 1. The smallest absolute Gasteiger partial charge is 0.101 e. The molecule has 4 nitrogen and oxygen atoms in total. The minimum absolute atomic E-state index is 0.374. The third kappa shape index (κ3) is 2.95. The SMILES string of the molecule is COCCC1(CNc2cnccc2C#N)CC1. The number of rotatable bonds is 6. The second-order valence-corrected chi connectivity index (χ2v) is 4.63. The number of anilines is 1. The molecule has 1 aromatic rings. The lowest BCUT2D eigenvalue weighted by atomic mass is 10.0. The van der Waals surface area contributed by atoms with Gasteiger partial charge < -0.3 is 10.1 Å². The fourth-order valence-electron chi connectivity index (χ4n) is 1.93. The van der Waals surface area contributed by atoms with Gasteiger partial charge in [-0.15, -0.1) is 0 Å². The van der Waals surface area contributed by atoms with E-state index in [1.54, 1.807) is 25.6 Å². The third-order valence-corrected chi connectivity index (χ3v) is 3.39. The lowest BCUT2D eigenvalue weighted by Gasteiger charge is -2.16. The molecule has 0 saturated heterocycles. The van der Waals surface area contributed by atoms with Gasteiger partial charge in [0.2, 0.25) is 0 Å². The van der Waals surface area contributed by atoms with Crippen LogP contribution in [0.25, 0.3) is 0 Å². The van der Waals surface area contributed by atoms with Crippen LogP contribution in [0.3, 0.4) is 0 Å². The molecule has 0 amide bonds. The first kappa shape index (κ1) is 11.9. The fourth-order valence-corrected chi connectivity index (χ4v) is 1.93. The zero-order valence-corrected chi connectivity index (χ0v) is 10.1. The van der Waals surface area contributed by atoms with Gasteiger partial charge in [-0.2, -0.15) is 5.26 Å². The van der Waals surface area contributed by atoms with E-state index < -0.39 is 0 Å². The minimum atomic E-state index is 0.374. The molecular weight excluding hydrogens is 214 g/mol. The van der Waals surface area contributed by atoms with Crippen molar-refractivity contribution in [3.8, 4) is 6.07 Å². The molecule has 0 spiro atoms. The Morgan fingerprint density at radius 3 is 3.06 bits per heavy atom. The molecule has 1 heterocycles. The number of aromatic nitrogens is 1. The Bertz CT molecular complexity index is 421. The molecule has 0 aliphatic heterocycles. The van der Waals surface area contributed by atoms with E-state index in [9.17, 15) is 0 Å². The van der Waals surface area contributed by atoms with Crippen molar-refractivity contribution in [1.82, 2.24) is 4.98 Å². The Labute approximate surface area is 102 Å². The summed E-state index contributed by atoms with van der Waals surface area (Å²) in [5, 5.41) is 12.3. The molecule has 0 radical (unpaired) electrons. The van der Waals surface area contributed by atoms with Gasteiger partial charge in [0, 0.05) is 26.5 Å². The molecule has 2 rings (SSSR count). The molecule has 90 valence electrons. The zero-order chi connectivity index (χ0) is 12.1. The Morgan fingerprint density at radius 1 is 1.59 bits per heavy atom. The van der Waals surface area contributed by atoms with Gasteiger partial charge in [-0.25, -0.2) is 0 Å². The monoisotopic (exact) mass is 231 g/mol. The summed E-state index contributed by atoms with van der Waals surface area (Å²) >= 11 is 0. The first-order valence-corrected chi connectivity index (χ1v) is 5.87. The van der Waals surface area contributed by atoms with E-state index in [0.717, 1.165) is 25.3 Å². The summed E-state index contributed by atoms with van der Waals surface area (Å²) in [6, 6.07) is 3.90. The van der Waals surface area contributed by atoms with Gasteiger partial charge in [0.05, 0.1) is 17.4 Å². The quantitative estimate of drug-likeness (QED) is 0.815. The van der Waals surface area contributed by atoms with Crippen molar-refractivity contribution in [2.45, 2.75) is 19.3 Å². The standard InChI is InChI=1S/C13H17N3O/c1-17-7-5-13(3-4-13)10-16-12-9-15-6-2-11(12)8-14/h2,6,9,16H,3-5,7,10H2,1H3. The molecule has 4 heteroatoms. The molecular formula is C13H17N3O. The van der Waals surface area contributed by atoms with Crippen molar-refractivity contribution >= 4 is 5.69 Å². The molecule has 1 aromatic heterocycles. The lowest BCUT2D eigenvalue weighted by Crippen LogP contribution is -2.17. The maximum atomic E-state index is 8.97. The lowest BCUT2D eigenvalue weighted by molar-refractivity contribution is 0.175. The minimum Gasteiger partial charge on any atom is -0.385 e. The second-order valence-electron chi connectivity index (χ2n) is 4.63. The predicted octanol–water partition coefficient (Wildman–Crippen LogP) is 2.18. The van der Waals surface area contributed by atoms with E-state index in [2.05, 4.69) is 16.4 Å². The van der Waals surface area contributed by atoms with Crippen LogP contribution in [0.4, 0.5) is 5.69 Å². The number of pyridine rings is 1. The highest BCUT2D eigenvalue weighted by molar-refractivity contribution is 5.55. The summed E-state index contributed by atoms with van der Waals surface area (Å²) in [5.41, 5.74) is 1.86. The maximum Gasteiger partial charge on any atom is 0.101 e. The van der Waals surface area contributed by atoms with Crippen LogP contribution >= 0.6 is 0 Å². The number of ether oxygens (including phenoxy) is 1. The van der Waals surface area contributed by atoms with Crippen LogP contribution in [0.5, 0.6) is 0 Å². The van der Waals surface area contributed by atoms with E-state index in [0.29, 0.717) is 11.0 Å². The van der Waals surface area contributed by atoms with Gasteiger partial charge in [0.25, 0.3) is 0 Å². The number of nitrogens with zero attached hydrogens (tertiary/aromatic N) is 2. The van der Waals surface area contributed by atoms with Gasteiger partial charge >= 0.3 is 0 Å². The average Bonchev–Trinajstić information content (AvgIpc) is 3.15. The van der Waals surface area contributed by atoms with Crippen LogP contribution in [0.15, 0.2) is 18.5 Å². The van der Waals surface area contributed by atoms with Gasteiger partial charge in [0.1, 0.15) is 6.07 Å². The summed E-state index contributed by atoms with van der Waals surface area (Å²) in [6.07, 6.45) is 6.92. The molecule has 0 unspecified atom stereocenters. The maximum absolute atomic E-state index is 8.97. The highest BCUT2D eigenvalue weighted by atomic mass is 16.5. The van der Waals surface area contributed by atoms with Crippen LogP contribution in [0.1, 0.15) is 24.8 Å². The fraction of sp³-hybridized carbons (Fsp3) is 0.538. The normalized spacial score (nSPS) is 16.2. The van der Waals surface area contributed by atoms with Crippen molar-refractivity contribution in [3.05, 3.63) is 24.0 Å². The largest absolute Gasteiger partial charge is 0.385 e. The Hall–Kier alpha value is -1.60. The Morgan fingerprint density at radius 2 is 2.41 bits per heavy atom. The molecule has 17 heavy (non-hydrogen) atoms. The topological polar surface area (TPSA) is 57.9 Å². The first-order chi connectivity index (χ1) is 8.29. The number of nitriles is 1. The average molecular weight is 231 g/mol. The molecule has 0 aromatic carbocycles. The molecule has 1 aliphatic rings. The molecule has 1 N–H and O–H groups in total. The second kappa shape index (κ2) is 5.15. The van der Waals surface area contributed by atoms with Crippen molar-refractivity contribution in [2.75, 3.05) is 25.6 Å². The van der Waals surface area contributed by atoms with Crippen LogP contribution in [-0.2, 0) is 4.74 Å². The van der Waals surface area contributed by atoms with Crippen molar-refractivity contribution in [3.63, 3.8) is 0 Å². The van der Waals surface area contributed by atoms with E-state index in [-0.39, 0.29) is 0 Å². The van der Waals surface area contributed by atoms with Crippen LogP contribution in [-0.4, -0.2) is 25.2 Å². The zero-order valence-electron chi connectivity index (χ0n) is 10.1. The number of methoxy groups -OCH3 is 1. The molecule has 1 saturated carbocycles. The number of hydrogen-bond acceptors (Lipinski definition) is 4. The van der Waals surface area contributed by atoms with Gasteiger partial charge in [0.15, 0.2) is 0 Å². The van der Waals surface area contributed by atoms with E-state index in [1.165, 1.54) is 12.8 Å². The first-order valence-electron chi connectivity index (χ1n) is 5.87. The van der Waals surface area contributed by atoms with Crippen molar-refractivity contribution in [1.29, 1.82) is 5.26 Å². The van der Waals surface area contributed by atoms with E-state index in [4.69, 9.17) is 10.00 Å². The van der Waals surface area contributed by atoms with Crippen LogP contribution in [0.2, 0.25) is 0 Å².